The average Bonchev–Trinajstić information content (AvgIpc) is 3.13. The zero-order valence-corrected chi connectivity index (χ0v) is 18.6. The van der Waals surface area contributed by atoms with Gasteiger partial charge in [0.2, 0.25) is 0 Å². The van der Waals surface area contributed by atoms with Crippen molar-refractivity contribution in [1.29, 1.82) is 0 Å². The molecule has 4 rings (SSSR count). The van der Waals surface area contributed by atoms with Crippen molar-refractivity contribution in [2.75, 3.05) is 32.8 Å². The number of thiazole rings is 1. The lowest BCUT2D eigenvalue weighted by molar-refractivity contribution is 0.0363. The molecule has 1 aromatic heterocycles. The molecule has 1 fully saturated rings. The third kappa shape index (κ3) is 5.11. The molecule has 0 atom stereocenters. The summed E-state index contributed by atoms with van der Waals surface area (Å²) in [6.45, 7) is 7.43. The fourth-order valence-corrected chi connectivity index (χ4v) is 4.57. The molecule has 3 aromatic rings. The second-order valence-corrected chi connectivity index (χ2v) is 8.74. The summed E-state index contributed by atoms with van der Waals surface area (Å²) in [5, 5.41) is 3.27. The van der Waals surface area contributed by atoms with Crippen molar-refractivity contribution in [3.63, 3.8) is 0 Å². The molecule has 1 aliphatic heterocycles. The predicted octanol–water partition coefficient (Wildman–Crippen LogP) is 5.40. The van der Waals surface area contributed by atoms with Crippen LogP contribution in [-0.4, -0.2) is 42.3 Å². The fraction of sp³-hybridized carbons (Fsp3) is 0.318. The maximum atomic E-state index is 6.28. The summed E-state index contributed by atoms with van der Waals surface area (Å²) in [6, 6.07) is 14.1. The Morgan fingerprint density at radius 1 is 1.00 bits per heavy atom. The summed E-state index contributed by atoms with van der Waals surface area (Å²) in [4.78, 5) is 8.32. The summed E-state index contributed by atoms with van der Waals surface area (Å²) in [6.07, 6.45) is 0. The molecule has 0 spiro atoms. The van der Waals surface area contributed by atoms with E-state index in [4.69, 9.17) is 32.9 Å². The van der Waals surface area contributed by atoms with Crippen LogP contribution in [0.3, 0.4) is 0 Å². The van der Waals surface area contributed by atoms with Crippen LogP contribution in [0.1, 0.15) is 5.56 Å². The van der Waals surface area contributed by atoms with Gasteiger partial charge in [-0.1, -0.05) is 47.0 Å². The van der Waals surface area contributed by atoms with E-state index in [1.807, 2.05) is 18.2 Å². The highest BCUT2D eigenvalue weighted by Gasteiger charge is 2.14. The Labute approximate surface area is 185 Å². The topological polar surface area (TPSA) is 29.8 Å². The number of morpholine rings is 1. The first kappa shape index (κ1) is 20.6. The lowest BCUT2D eigenvalue weighted by Crippen LogP contribution is -2.39. The Balaban J connectivity index is 1.71. The number of aromatic nitrogens is 1. The molecule has 0 radical (unpaired) electrons. The normalized spacial score (nSPS) is 15.8. The third-order valence-electron chi connectivity index (χ3n) is 5.02. The predicted molar refractivity (Wildman–Crippen MR) is 121 cm³/mol. The van der Waals surface area contributed by atoms with Gasteiger partial charge >= 0.3 is 0 Å². The molecule has 2 aromatic carbocycles. The lowest BCUT2D eigenvalue weighted by atomic mass is 10.2. The zero-order chi connectivity index (χ0) is 20.2. The van der Waals surface area contributed by atoms with Gasteiger partial charge < -0.3 is 9.30 Å². The number of nitrogens with zero attached hydrogens (tertiary/aromatic N) is 3. The van der Waals surface area contributed by atoms with Crippen molar-refractivity contribution in [2.45, 2.75) is 13.5 Å². The van der Waals surface area contributed by atoms with Crippen LogP contribution in [0.25, 0.3) is 11.3 Å². The van der Waals surface area contributed by atoms with Crippen LogP contribution < -0.4 is 4.80 Å². The highest BCUT2D eigenvalue weighted by Crippen LogP contribution is 2.29. The Morgan fingerprint density at radius 3 is 2.48 bits per heavy atom. The number of hydrogen-bond acceptors (Lipinski definition) is 4. The van der Waals surface area contributed by atoms with Crippen molar-refractivity contribution in [3.05, 3.63) is 68.3 Å². The smallest absolute Gasteiger partial charge is 0.190 e. The summed E-state index contributed by atoms with van der Waals surface area (Å²) in [5.74, 6) is 0. The van der Waals surface area contributed by atoms with E-state index in [0.29, 0.717) is 10.0 Å². The van der Waals surface area contributed by atoms with E-state index in [-0.39, 0.29) is 0 Å². The Kier molecular flexibility index (Phi) is 6.73. The molecule has 0 N–H and O–H groups in total. The van der Waals surface area contributed by atoms with Crippen LogP contribution in [0.5, 0.6) is 0 Å². The van der Waals surface area contributed by atoms with Crippen molar-refractivity contribution in [1.82, 2.24) is 9.47 Å². The summed E-state index contributed by atoms with van der Waals surface area (Å²) >= 11 is 14.0. The van der Waals surface area contributed by atoms with Crippen LogP contribution in [-0.2, 0) is 11.3 Å². The summed E-state index contributed by atoms with van der Waals surface area (Å²) < 4.78 is 7.75. The van der Waals surface area contributed by atoms with Gasteiger partial charge in [-0.25, -0.2) is 4.99 Å². The van der Waals surface area contributed by atoms with Crippen molar-refractivity contribution >= 4 is 40.2 Å². The van der Waals surface area contributed by atoms with Crippen molar-refractivity contribution in [3.8, 4) is 11.3 Å². The van der Waals surface area contributed by atoms with Crippen LogP contribution in [0.4, 0.5) is 5.69 Å². The van der Waals surface area contributed by atoms with Gasteiger partial charge in [-0.2, -0.15) is 0 Å². The van der Waals surface area contributed by atoms with Crippen LogP contribution in [0, 0.1) is 6.92 Å². The third-order valence-corrected chi connectivity index (χ3v) is 6.62. The number of ether oxygens (including phenoxy) is 1. The van der Waals surface area contributed by atoms with E-state index in [9.17, 15) is 0 Å². The van der Waals surface area contributed by atoms with Gasteiger partial charge in [0.1, 0.15) is 0 Å². The monoisotopic (exact) mass is 447 g/mol. The molecule has 2 heterocycles. The molecule has 0 unspecified atom stereocenters. The van der Waals surface area contributed by atoms with Gasteiger partial charge in [0.05, 0.1) is 34.6 Å². The Bertz CT molecular complexity index is 1040. The number of halogens is 2. The largest absolute Gasteiger partial charge is 0.379 e. The molecule has 0 amide bonds. The van der Waals surface area contributed by atoms with E-state index in [0.717, 1.165) is 61.1 Å². The van der Waals surface area contributed by atoms with Gasteiger partial charge in [-0.05, 0) is 31.2 Å². The molecular weight excluding hydrogens is 425 g/mol. The molecular formula is C22H23Cl2N3OS. The van der Waals surface area contributed by atoms with Crippen LogP contribution >= 0.6 is 34.5 Å². The SMILES string of the molecule is Cc1ccc(N=c2scc(-c3ccc(Cl)c(Cl)c3)n2CCN2CCOCC2)cc1. The molecule has 29 heavy (non-hydrogen) atoms. The number of hydrogen-bond donors (Lipinski definition) is 0. The molecule has 1 saturated heterocycles. The maximum Gasteiger partial charge on any atom is 0.190 e. The highest BCUT2D eigenvalue weighted by molar-refractivity contribution is 7.07. The minimum atomic E-state index is 0.562. The molecule has 0 bridgehead atoms. The zero-order valence-electron chi connectivity index (χ0n) is 16.3. The minimum absolute atomic E-state index is 0.562. The molecule has 152 valence electrons. The Morgan fingerprint density at radius 2 is 1.76 bits per heavy atom. The van der Waals surface area contributed by atoms with Gasteiger partial charge in [0.25, 0.3) is 0 Å². The fourth-order valence-electron chi connectivity index (χ4n) is 3.32. The number of benzene rings is 2. The highest BCUT2D eigenvalue weighted by atomic mass is 35.5. The second kappa shape index (κ2) is 9.45. The first-order chi connectivity index (χ1) is 14.1. The standard InChI is InChI=1S/C22H23Cl2N3OS/c1-16-2-5-18(6-3-16)25-22-27(9-8-26-10-12-28-13-11-26)21(15-29-22)17-4-7-19(23)20(24)14-17/h2-7,14-15H,8-13H2,1H3. The van der Waals surface area contributed by atoms with Gasteiger partial charge in [-0.15, -0.1) is 11.3 Å². The summed E-state index contributed by atoms with van der Waals surface area (Å²) in [5.41, 5.74) is 4.33. The first-order valence-electron chi connectivity index (χ1n) is 9.65. The summed E-state index contributed by atoms with van der Waals surface area (Å²) in [7, 11) is 0. The molecule has 1 aliphatic rings. The van der Waals surface area contributed by atoms with Crippen molar-refractivity contribution < 1.29 is 4.74 Å². The van der Waals surface area contributed by atoms with Crippen molar-refractivity contribution in [2.24, 2.45) is 4.99 Å². The van der Waals surface area contributed by atoms with Gasteiger partial charge in [0, 0.05) is 37.1 Å². The maximum absolute atomic E-state index is 6.28. The number of rotatable bonds is 5. The van der Waals surface area contributed by atoms with E-state index < -0.39 is 0 Å². The average molecular weight is 448 g/mol. The van der Waals surface area contributed by atoms with E-state index in [2.05, 4.69) is 46.0 Å². The lowest BCUT2D eigenvalue weighted by Gasteiger charge is -2.26. The quantitative estimate of drug-likeness (QED) is 0.524. The minimum Gasteiger partial charge on any atom is -0.379 e. The van der Waals surface area contributed by atoms with E-state index >= 15 is 0 Å². The van der Waals surface area contributed by atoms with E-state index in [1.165, 1.54) is 5.56 Å². The second-order valence-electron chi connectivity index (χ2n) is 7.09. The molecule has 0 aliphatic carbocycles. The van der Waals surface area contributed by atoms with Gasteiger partial charge in [0.15, 0.2) is 4.80 Å². The molecule has 0 saturated carbocycles. The van der Waals surface area contributed by atoms with Crippen LogP contribution in [0.2, 0.25) is 10.0 Å². The van der Waals surface area contributed by atoms with Crippen LogP contribution in [0.15, 0.2) is 52.8 Å². The molecule has 7 heteroatoms. The van der Waals surface area contributed by atoms with Gasteiger partial charge in [-0.3, -0.25) is 4.90 Å². The first-order valence-corrected chi connectivity index (χ1v) is 11.3. The molecule has 4 nitrogen and oxygen atoms in total. The number of aryl methyl sites for hydroxylation is 1. The Hall–Kier alpha value is -1.63. The van der Waals surface area contributed by atoms with E-state index in [1.54, 1.807) is 11.3 Å².